The van der Waals surface area contributed by atoms with Crippen LogP contribution in [0.4, 0.5) is 0 Å². The SMILES string of the molecule is Cc1nnnn1C.Cc1nnnn1C.Cc1nnnn1C.[Cl][Ru]([Cl])[Cl]. The van der Waals surface area contributed by atoms with E-state index in [-0.39, 0.29) is 0 Å². The molecule has 0 aliphatic rings. The Morgan fingerprint density at radius 3 is 0.840 bits per heavy atom. The van der Waals surface area contributed by atoms with E-state index < -0.39 is 13.0 Å². The van der Waals surface area contributed by atoms with Gasteiger partial charge < -0.3 is 0 Å². The van der Waals surface area contributed by atoms with E-state index in [2.05, 4.69) is 46.6 Å². The maximum absolute atomic E-state index is 4.95. The van der Waals surface area contributed by atoms with Gasteiger partial charge in [0.05, 0.1) is 0 Å². The van der Waals surface area contributed by atoms with Crippen molar-refractivity contribution in [1.29, 1.82) is 0 Å². The van der Waals surface area contributed by atoms with Crippen LogP contribution in [-0.4, -0.2) is 60.6 Å². The van der Waals surface area contributed by atoms with Gasteiger partial charge >= 0.3 is 42.1 Å². The molecule has 143 valence electrons. The number of tetrazole rings is 3. The Bertz CT molecular complexity index is 567. The monoisotopic (exact) mass is 501 g/mol. The Morgan fingerprint density at radius 2 is 0.800 bits per heavy atom. The predicted molar refractivity (Wildman–Crippen MR) is 88.2 cm³/mol. The minimum absolute atomic E-state index is 0.833. The first kappa shape index (κ1) is 23.7. The van der Waals surface area contributed by atoms with E-state index in [1.165, 1.54) is 0 Å². The second kappa shape index (κ2) is 13.0. The third-order valence-corrected chi connectivity index (χ3v) is 2.50. The van der Waals surface area contributed by atoms with Gasteiger partial charge in [0.15, 0.2) is 0 Å². The number of aromatic nitrogens is 12. The molecule has 0 unspecified atom stereocenters. The van der Waals surface area contributed by atoms with Crippen molar-refractivity contribution < 1.29 is 13.0 Å². The summed E-state index contributed by atoms with van der Waals surface area (Å²) >= 11 is -1.75. The van der Waals surface area contributed by atoms with E-state index in [9.17, 15) is 0 Å². The summed E-state index contributed by atoms with van der Waals surface area (Å²) in [4.78, 5) is 0. The summed E-state index contributed by atoms with van der Waals surface area (Å²) in [6.07, 6.45) is 0. The van der Waals surface area contributed by atoms with Gasteiger partial charge in [-0.25, -0.2) is 14.0 Å². The van der Waals surface area contributed by atoms with Crippen molar-refractivity contribution in [2.75, 3.05) is 0 Å². The number of hydrogen-bond donors (Lipinski definition) is 0. The number of rotatable bonds is 0. The Morgan fingerprint density at radius 1 is 0.600 bits per heavy atom. The van der Waals surface area contributed by atoms with Crippen LogP contribution in [0.25, 0.3) is 0 Å². The molecule has 0 aromatic carbocycles. The summed E-state index contributed by atoms with van der Waals surface area (Å²) in [6, 6.07) is 0. The summed E-state index contributed by atoms with van der Waals surface area (Å²) in [5.74, 6) is 2.50. The van der Waals surface area contributed by atoms with E-state index in [0.717, 1.165) is 17.5 Å². The molecule has 0 radical (unpaired) electrons. The predicted octanol–water partition coefficient (Wildman–Crippen LogP) is 0.622. The zero-order valence-corrected chi connectivity index (χ0v) is 18.4. The first-order valence-corrected chi connectivity index (χ1v) is 13.1. The van der Waals surface area contributed by atoms with Gasteiger partial charge in [-0.15, -0.1) is 15.3 Å². The second-order valence-corrected chi connectivity index (χ2v) is 12.1. The fourth-order valence-corrected chi connectivity index (χ4v) is 0.822. The van der Waals surface area contributed by atoms with Crippen LogP contribution < -0.4 is 0 Å². The topological polar surface area (TPSA) is 131 Å². The fourth-order valence-electron chi connectivity index (χ4n) is 0.822. The molecule has 16 heteroatoms. The molecule has 12 nitrogen and oxygen atoms in total. The summed E-state index contributed by atoms with van der Waals surface area (Å²) in [5, 5.41) is 31.7. The molecule has 3 aromatic rings. The molecule has 0 fully saturated rings. The molecule has 0 N–H and O–H groups in total. The molecule has 0 saturated carbocycles. The van der Waals surface area contributed by atoms with Crippen molar-refractivity contribution in [1.82, 2.24) is 60.6 Å². The van der Waals surface area contributed by atoms with E-state index in [1.54, 1.807) is 35.2 Å². The van der Waals surface area contributed by atoms with Crippen LogP contribution in [0.15, 0.2) is 0 Å². The third kappa shape index (κ3) is 11.8. The Kier molecular flexibility index (Phi) is 12.3. The Labute approximate surface area is 161 Å². The van der Waals surface area contributed by atoms with Crippen LogP contribution in [-0.2, 0) is 34.1 Å². The van der Waals surface area contributed by atoms with Crippen LogP contribution in [0.3, 0.4) is 0 Å². The first-order valence-electron chi connectivity index (χ1n) is 6.38. The van der Waals surface area contributed by atoms with Gasteiger partial charge in [0.2, 0.25) is 0 Å². The standard InChI is InChI=1S/3C3H6N4.3ClH.Ru/c3*1-3-4-5-6-7(3)2;;;;/h3*1-2H3;3*1H;/q;;;;;;+3/p-3. The quantitative estimate of drug-likeness (QED) is 0.407. The van der Waals surface area contributed by atoms with Gasteiger partial charge in [-0.1, -0.05) is 0 Å². The van der Waals surface area contributed by atoms with E-state index in [4.69, 9.17) is 29.1 Å². The summed E-state index contributed by atoms with van der Waals surface area (Å²) in [7, 11) is 20.2. The molecule has 0 saturated heterocycles. The summed E-state index contributed by atoms with van der Waals surface area (Å²) < 4.78 is 4.83. The van der Waals surface area contributed by atoms with Gasteiger partial charge in [-0.05, 0) is 52.1 Å². The average molecular weight is 502 g/mol. The molecule has 0 spiro atoms. The number of aryl methyl sites for hydroxylation is 6. The normalized spacial score (nSPS) is 9.72. The Hall–Kier alpha value is -1.30. The van der Waals surface area contributed by atoms with Gasteiger partial charge in [0.25, 0.3) is 0 Å². The number of hydrogen-bond acceptors (Lipinski definition) is 9. The molecule has 25 heavy (non-hydrogen) atoms. The maximum atomic E-state index is 4.95. The summed E-state index contributed by atoms with van der Waals surface area (Å²) in [6.45, 7) is 5.54. The Balaban J connectivity index is 0.000000314. The first-order chi connectivity index (χ1) is 11.6. The van der Waals surface area contributed by atoms with Crippen LogP contribution in [0, 0.1) is 20.8 Å². The van der Waals surface area contributed by atoms with Crippen molar-refractivity contribution in [3.63, 3.8) is 0 Å². The van der Waals surface area contributed by atoms with Crippen LogP contribution >= 0.6 is 29.1 Å². The fraction of sp³-hybridized carbons (Fsp3) is 0.667. The van der Waals surface area contributed by atoms with Gasteiger partial charge in [0.1, 0.15) is 17.5 Å². The van der Waals surface area contributed by atoms with Gasteiger partial charge in [-0.3, -0.25) is 0 Å². The van der Waals surface area contributed by atoms with Crippen LogP contribution in [0.2, 0.25) is 0 Å². The molecular formula is C9H18Cl3N12Ru. The number of halogens is 3. The van der Waals surface area contributed by atoms with E-state index in [0.29, 0.717) is 0 Å². The third-order valence-electron chi connectivity index (χ3n) is 2.50. The molecule has 0 amide bonds. The van der Waals surface area contributed by atoms with Gasteiger partial charge in [0, 0.05) is 21.1 Å². The van der Waals surface area contributed by atoms with Crippen LogP contribution in [0.1, 0.15) is 17.5 Å². The van der Waals surface area contributed by atoms with Crippen molar-refractivity contribution in [2.45, 2.75) is 20.8 Å². The molecule has 3 rings (SSSR count). The van der Waals surface area contributed by atoms with Crippen molar-refractivity contribution >= 4 is 29.1 Å². The van der Waals surface area contributed by atoms with E-state index >= 15 is 0 Å². The zero-order chi connectivity index (χ0) is 19.4. The second-order valence-electron chi connectivity index (χ2n) is 4.20. The average Bonchev–Trinajstić information content (AvgIpc) is 3.19. The molecule has 0 bridgehead atoms. The molecule has 3 heterocycles. The molecule has 0 aliphatic carbocycles. The van der Waals surface area contributed by atoms with Crippen molar-refractivity contribution in [3.05, 3.63) is 17.5 Å². The summed E-state index contributed by atoms with van der Waals surface area (Å²) in [5.41, 5.74) is 0. The molecule has 0 aliphatic heterocycles. The van der Waals surface area contributed by atoms with Crippen LogP contribution in [0.5, 0.6) is 0 Å². The molecule has 3 aromatic heterocycles. The molecular weight excluding hydrogens is 484 g/mol. The van der Waals surface area contributed by atoms with Crippen molar-refractivity contribution in [2.24, 2.45) is 21.1 Å². The van der Waals surface area contributed by atoms with Crippen molar-refractivity contribution in [3.8, 4) is 0 Å². The van der Waals surface area contributed by atoms with E-state index in [1.807, 2.05) is 20.8 Å². The zero-order valence-electron chi connectivity index (χ0n) is 14.4. The minimum atomic E-state index is -1.75. The van der Waals surface area contributed by atoms with Gasteiger partial charge in [-0.2, -0.15) is 0 Å². The molecule has 0 atom stereocenters. The number of nitrogens with zero attached hydrogens (tertiary/aromatic N) is 12.